The third kappa shape index (κ3) is 5.77. The highest BCUT2D eigenvalue weighted by Gasteiger charge is 2.22. The molecule has 0 fully saturated rings. The van der Waals surface area contributed by atoms with Gasteiger partial charge in [-0.25, -0.2) is 0 Å². The molecule has 0 aliphatic heterocycles. The normalized spacial score (nSPS) is 11.0. The van der Waals surface area contributed by atoms with Crippen LogP contribution in [0.1, 0.15) is 22.3 Å². The van der Waals surface area contributed by atoms with Gasteiger partial charge < -0.3 is 9.80 Å². The van der Waals surface area contributed by atoms with Crippen molar-refractivity contribution >= 4 is 90.7 Å². The molecule has 52 heavy (non-hydrogen) atoms. The molecule has 0 heterocycles. The van der Waals surface area contributed by atoms with Crippen molar-refractivity contribution in [3.05, 3.63) is 206 Å². The molecule has 8 aromatic rings. The predicted molar refractivity (Wildman–Crippen MR) is 229 cm³/mol. The maximum absolute atomic E-state index is 3.98. The van der Waals surface area contributed by atoms with Gasteiger partial charge in [0.05, 0.1) is 11.4 Å². The Kier molecular flexibility index (Phi) is 8.56. The van der Waals surface area contributed by atoms with Gasteiger partial charge in [-0.3, -0.25) is 0 Å². The van der Waals surface area contributed by atoms with Crippen molar-refractivity contribution in [1.29, 1.82) is 0 Å². The van der Waals surface area contributed by atoms with E-state index in [4.69, 9.17) is 0 Å². The molecular weight excluding hydrogens is 629 g/mol. The van der Waals surface area contributed by atoms with Crippen LogP contribution in [0.4, 0.5) is 34.1 Å². The summed E-state index contributed by atoms with van der Waals surface area (Å²) in [7, 11) is 0. The first-order valence-corrected chi connectivity index (χ1v) is 17.5. The fraction of sp³-hybridized carbons (Fsp3) is 0. The van der Waals surface area contributed by atoms with Gasteiger partial charge >= 0.3 is 0 Å². The minimum atomic E-state index is 1.07. The fourth-order valence-electron chi connectivity index (χ4n) is 7.18. The van der Waals surface area contributed by atoms with Crippen molar-refractivity contribution in [3.8, 4) is 0 Å². The van der Waals surface area contributed by atoms with Crippen LogP contribution in [-0.2, 0) is 0 Å². The van der Waals surface area contributed by atoms with Crippen LogP contribution < -0.4 is 9.80 Å². The quantitative estimate of drug-likeness (QED) is 0.134. The topological polar surface area (TPSA) is 6.48 Å². The molecule has 0 unspecified atom stereocenters. The summed E-state index contributed by atoms with van der Waals surface area (Å²) in [5.74, 6) is 0. The molecule has 0 spiro atoms. The molecule has 0 bridgehead atoms. The molecule has 2 nitrogen and oxygen atoms in total. The number of hydrogen-bond donors (Lipinski definition) is 0. The van der Waals surface area contributed by atoms with Crippen molar-refractivity contribution in [2.75, 3.05) is 9.80 Å². The van der Waals surface area contributed by atoms with E-state index in [-0.39, 0.29) is 0 Å². The first-order valence-electron chi connectivity index (χ1n) is 17.5. The van der Waals surface area contributed by atoms with Gasteiger partial charge in [0.25, 0.3) is 0 Å². The van der Waals surface area contributed by atoms with E-state index in [1.165, 1.54) is 21.5 Å². The number of hydrogen-bond acceptors (Lipinski definition) is 2. The Hall–Kier alpha value is -6.90. The van der Waals surface area contributed by atoms with E-state index < -0.39 is 0 Å². The van der Waals surface area contributed by atoms with Crippen molar-refractivity contribution < 1.29 is 0 Å². The zero-order valence-corrected chi connectivity index (χ0v) is 29.0. The summed E-state index contributed by atoms with van der Waals surface area (Å²) < 4.78 is 0. The maximum atomic E-state index is 3.98. The predicted octanol–water partition coefficient (Wildman–Crippen LogP) is 14.7. The number of benzene rings is 8. The van der Waals surface area contributed by atoms with Crippen molar-refractivity contribution in [2.24, 2.45) is 0 Å². The lowest BCUT2D eigenvalue weighted by Crippen LogP contribution is -2.12. The summed E-state index contributed by atoms with van der Waals surface area (Å²) >= 11 is 0. The molecule has 0 atom stereocenters. The van der Waals surface area contributed by atoms with E-state index in [1.54, 1.807) is 0 Å². The highest BCUT2D eigenvalue weighted by molar-refractivity contribution is 6.24. The Bertz CT molecular complexity index is 2320. The minimum absolute atomic E-state index is 1.07. The molecule has 8 aromatic carbocycles. The van der Waals surface area contributed by atoms with Gasteiger partial charge in [0.15, 0.2) is 0 Å². The Morgan fingerprint density at radius 3 is 0.788 bits per heavy atom. The van der Waals surface area contributed by atoms with Crippen LogP contribution in [0.5, 0.6) is 0 Å². The van der Waals surface area contributed by atoms with E-state index in [2.05, 4.69) is 194 Å². The van der Waals surface area contributed by atoms with Crippen molar-refractivity contribution in [1.82, 2.24) is 0 Å². The minimum Gasteiger partial charge on any atom is -0.310 e. The van der Waals surface area contributed by atoms with Crippen molar-refractivity contribution in [3.63, 3.8) is 0 Å². The standard InChI is InChI=1S/C50H38N2/c1-5-35-17-25-39(26-18-35)51(40-27-19-36(6-2)20-28-40)49-33-47-44-14-10-12-16-46(44)50(34-48(47)43-13-9-11-15-45(43)49)52(41-29-21-37(7-3)22-30-41)42-31-23-38(8-4)24-32-42/h5-34H,1-4H2. The summed E-state index contributed by atoms with van der Waals surface area (Å²) in [4.78, 5) is 4.72. The van der Waals surface area contributed by atoms with Gasteiger partial charge in [0.2, 0.25) is 0 Å². The number of nitrogens with zero attached hydrogens (tertiary/aromatic N) is 2. The van der Waals surface area contributed by atoms with Crippen LogP contribution in [0.3, 0.4) is 0 Å². The van der Waals surface area contributed by atoms with E-state index in [0.717, 1.165) is 67.2 Å². The molecule has 0 aromatic heterocycles. The van der Waals surface area contributed by atoms with Crippen LogP contribution in [0.15, 0.2) is 184 Å². The molecule has 0 aliphatic rings. The molecule has 0 aliphatic carbocycles. The fourth-order valence-corrected chi connectivity index (χ4v) is 7.18. The lowest BCUT2D eigenvalue weighted by atomic mass is 9.93. The summed E-state index contributed by atoms with van der Waals surface area (Å²) in [6, 6.07) is 56.6. The SMILES string of the molecule is C=Cc1ccc(N(c2ccc(C=C)cc2)c2cc3c4ccccc4c(N(c4ccc(C=C)cc4)c4ccc(C=C)cc4)cc3c3ccccc23)cc1. The average Bonchev–Trinajstić information content (AvgIpc) is 3.22. The highest BCUT2D eigenvalue weighted by atomic mass is 15.1. The maximum Gasteiger partial charge on any atom is 0.0546 e. The molecular formula is C50H38N2. The first-order chi connectivity index (χ1) is 25.6. The molecule has 2 heteroatoms. The zero-order valence-electron chi connectivity index (χ0n) is 29.0. The second kappa shape index (κ2) is 13.8. The molecule has 0 radical (unpaired) electrons. The Morgan fingerprint density at radius 1 is 0.288 bits per heavy atom. The van der Waals surface area contributed by atoms with E-state index in [9.17, 15) is 0 Å². The van der Waals surface area contributed by atoms with Crippen LogP contribution in [0.25, 0.3) is 56.6 Å². The van der Waals surface area contributed by atoms with E-state index in [1.807, 2.05) is 24.3 Å². The average molecular weight is 667 g/mol. The smallest absolute Gasteiger partial charge is 0.0546 e. The molecule has 8 rings (SSSR count). The highest BCUT2D eigenvalue weighted by Crippen LogP contribution is 2.47. The van der Waals surface area contributed by atoms with Gasteiger partial charge in [-0.05, 0) is 104 Å². The zero-order chi connectivity index (χ0) is 35.6. The lowest BCUT2D eigenvalue weighted by molar-refractivity contribution is 1.29. The van der Waals surface area contributed by atoms with Crippen LogP contribution >= 0.6 is 0 Å². The third-order valence-electron chi connectivity index (χ3n) is 9.87. The monoisotopic (exact) mass is 666 g/mol. The summed E-state index contributed by atoms with van der Waals surface area (Å²) in [5, 5.41) is 7.06. The summed E-state index contributed by atoms with van der Waals surface area (Å²) in [5.41, 5.74) is 10.8. The molecule has 0 saturated heterocycles. The van der Waals surface area contributed by atoms with E-state index in [0.29, 0.717) is 0 Å². The number of anilines is 6. The molecule has 0 N–H and O–H groups in total. The Balaban J connectivity index is 1.44. The summed E-state index contributed by atoms with van der Waals surface area (Å²) in [6.07, 6.45) is 7.53. The second-order valence-electron chi connectivity index (χ2n) is 12.8. The van der Waals surface area contributed by atoms with Crippen LogP contribution in [0, 0.1) is 0 Å². The molecule has 0 amide bonds. The molecule has 0 saturated carbocycles. The van der Waals surface area contributed by atoms with Crippen LogP contribution in [0.2, 0.25) is 0 Å². The van der Waals surface area contributed by atoms with Gasteiger partial charge in [-0.1, -0.05) is 148 Å². The Labute approximate surface area is 305 Å². The number of rotatable bonds is 10. The largest absolute Gasteiger partial charge is 0.310 e. The van der Waals surface area contributed by atoms with Crippen LogP contribution in [-0.4, -0.2) is 0 Å². The van der Waals surface area contributed by atoms with E-state index >= 15 is 0 Å². The van der Waals surface area contributed by atoms with Gasteiger partial charge in [-0.15, -0.1) is 0 Å². The lowest BCUT2D eigenvalue weighted by Gasteiger charge is -2.30. The van der Waals surface area contributed by atoms with Crippen molar-refractivity contribution in [2.45, 2.75) is 0 Å². The number of fused-ring (bicyclic) bond motifs is 5. The third-order valence-corrected chi connectivity index (χ3v) is 9.87. The first kappa shape index (κ1) is 32.3. The second-order valence-corrected chi connectivity index (χ2v) is 12.8. The van der Waals surface area contributed by atoms with Gasteiger partial charge in [-0.2, -0.15) is 0 Å². The van der Waals surface area contributed by atoms with Gasteiger partial charge in [0.1, 0.15) is 0 Å². The Morgan fingerprint density at radius 2 is 0.538 bits per heavy atom. The molecule has 248 valence electrons. The van der Waals surface area contributed by atoms with Gasteiger partial charge in [0, 0.05) is 33.5 Å². The summed E-state index contributed by atoms with van der Waals surface area (Å²) in [6.45, 7) is 15.9.